The number of halogens is 1. The lowest BCUT2D eigenvalue weighted by atomic mass is 10.2. The van der Waals surface area contributed by atoms with E-state index in [1.807, 2.05) is 19.1 Å². The summed E-state index contributed by atoms with van der Waals surface area (Å²) in [4.78, 5) is 20.5. The molecule has 0 fully saturated rings. The Morgan fingerprint density at radius 3 is 2.80 bits per heavy atom. The first-order chi connectivity index (χ1) is 12.0. The van der Waals surface area contributed by atoms with E-state index in [0.29, 0.717) is 5.56 Å². The van der Waals surface area contributed by atoms with E-state index in [1.54, 1.807) is 12.3 Å². The van der Waals surface area contributed by atoms with Crippen molar-refractivity contribution in [1.29, 1.82) is 0 Å². The van der Waals surface area contributed by atoms with E-state index in [1.165, 1.54) is 18.2 Å². The van der Waals surface area contributed by atoms with Crippen molar-refractivity contribution in [3.63, 3.8) is 0 Å². The highest BCUT2D eigenvalue weighted by Gasteiger charge is 2.16. The smallest absolute Gasteiger partial charge is 0.275 e. The fourth-order valence-electron chi connectivity index (χ4n) is 2.20. The van der Waals surface area contributed by atoms with E-state index < -0.39 is 11.7 Å². The van der Waals surface area contributed by atoms with Gasteiger partial charge in [-0.25, -0.2) is 9.37 Å². The van der Waals surface area contributed by atoms with Crippen LogP contribution >= 0.6 is 0 Å². The third-order valence-electron chi connectivity index (χ3n) is 3.55. The number of pyridine rings is 1. The van der Waals surface area contributed by atoms with Crippen LogP contribution in [0.4, 0.5) is 10.2 Å². The zero-order valence-electron chi connectivity index (χ0n) is 13.4. The molecule has 0 saturated heterocycles. The molecule has 0 atom stereocenters. The lowest BCUT2D eigenvalue weighted by Gasteiger charge is -2.08. The highest BCUT2D eigenvalue weighted by molar-refractivity contribution is 5.96. The molecule has 1 aromatic carbocycles. The van der Waals surface area contributed by atoms with Gasteiger partial charge in [-0.3, -0.25) is 9.78 Å². The predicted molar refractivity (Wildman–Crippen MR) is 89.8 cm³/mol. The average molecular weight is 338 g/mol. The van der Waals surface area contributed by atoms with E-state index in [4.69, 9.17) is 5.73 Å². The monoisotopic (exact) mass is 338 g/mol. The number of hydrogen-bond acceptors (Lipinski definition) is 6. The topological polar surface area (TPSA) is 107 Å². The molecule has 126 valence electrons. The average Bonchev–Trinajstić information content (AvgIpc) is 2.60. The van der Waals surface area contributed by atoms with Crippen LogP contribution in [-0.4, -0.2) is 26.1 Å². The Bertz CT molecular complexity index is 931. The minimum Gasteiger partial charge on any atom is -0.382 e. The van der Waals surface area contributed by atoms with Crippen molar-refractivity contribution in [1.82, 2.24) is 25.5 Å². The van der Waals surface area contributed by atoms with Crippen molar-refractivity contribution in [2.75, 3.05) is 5.73 Å². The van der Waals surface area contributed by atoms with Crippen LogP contribution in [0.2, 0.25) is 0 Å². The van der Waals surface area contributed by atoms with Gasteiger partial charge in [0.25, 0.3) is 5.91 Å². The van der Waals surface area contributed by atoms with Gasteiger partial charge in [-0.2, -0.15) is 0 Å². The Morgan fingerprint density at radius 2 is 2.08 bits per heavy atom. The number of nitrogen functional groups attached to an aromatic ring is 1. The summed E-state index contributed by atoms with van der Waals surface area (Å²) >= 11 is 0. The van der Waals surface area contributed by atoms with Crippen LogP contribution in [0.3, 0.4) is 0 Å². The molecule has 0 unspecified atom stereocenters. The van der Waals surface area contributed by atoms with Crippen LogP contribution in [0.15, 0.2) is 42.6 Å². The maximum atomic E-state index is 13.3. The number of carbonyl (C=O) groups is 1. The Morgan fingerprint density at radius 1 is 1.24 bits per heavy atom. The van der Waals surface area contributed by atoms with Gasteiger partial charge in [0.05, 0.1) is 12.2 Å². The van der Waals surface area contributed by atoms with Crippen LogP contribution in [0.5, 0.6) is 0 Å². The number of hydrogen-bond donors (Lipinski definition) is 2. The standard InChI is InChI=1S/C17H15FN6O/c1-10-4-3-7-20-13(10)9-21-17(25)14-15(19)22-16(24-23-14)11-5-2-6-12(18)8-11/h2-8H,9H2,1H3,(H,21,25)(H2,19,22,24). The van der Waals surface area contributed by atoms with Gasteiger partial charge in [-0.1, -0.05) is 18.2 Å². The van der Waals surface area contributed by atoms with Crippen molar-refractivity contribution in [2.45, 2.75) is 13.5 Å². The summed E-state index contributed by atoms with van der Waals surface area (Å²) in [7, 11) is 0. The van der Waals surface area contributed by atoms with Gasteiger partial charge in [0.1, 0.15) is 5.82 Å². The number of aromatic nitrogens is 4. The second kappa shape index (κ2) is 7.00. The maximum absolute atomic E-state index is 13.3. The summed E-state index contributed by atoms with van der Waals surface area (Å²) in [5, 5.41) is 10.4. The zero-order chi connectivity index (χ0) is 17.8. The number of nitrogens with zero attached hydrogens (tertiary/aromatic N) is 4. The van der Waals surface area contributed by atoms with Crippen LogP contribution in [-0.2, 0) is 6.54 Å². The molecule has 25 heavy (non-hydrogen) atoms. The molecule has 0 bridgehead atoms. The fourth-order valence-corrected chi connectivity index (χ4v) is 2.20. The second-order valence-corrected chi connectivity index (χ2v) is 5.33. The van der Waals surface area contributed by atoms with E-state index in [0.717, 1.165) is 11.3 Å². The highest BCUT2D eigenvalue weighted by Crippen LogP contribution is 2.17. The highest BCUT2D eigenvalue weighted by atomic mass is 19.1. The van der Waals surface area contributed by atoms with Crippen molar-refractivity contribution < 1.29 is 9.18 Å². The summed E-state index contributed by atoms with van der Waals surface area (Å²) in [5.74, 6) is -0.862. The first-order valence-corrected chi connectivity index (χ1v) is 7.49. The number of nitrogens with one attached hydrogen (secondary N) is 1. The number of amides is 1. The van der Waals surface area contributed by atoms with Crippen molar-refractivity contribution in [3.8, 4) is 11.4 Å². The number of nitrogens with two attached hydrogens (primary N) is 1. The maximum Gasteiger partial charge on any atom is 0.275 e. The molecule has 0 saturated carbocycles. The molecule has 0 aliphatic rings. The van der Waals surface area contributed by atoms with E-state index in [-0.39, 0.29) is 23.9 Å². The number of rotatable bonds is 4. The van der Waals surface area contributed by atoms with E-state index in [2.05, 4.69) is 25.5 Å². The van der Waals surface area contributed by atoms with Crippen molar-refractivity contribution >= 4 is 11.7 Å². The number of anilines is 1. The molecule has 8 heteroatoms. The van der Waals surface area contributed by atoms with E-state index >= 15 is 0 Å². The quantitative estimate of drug-likeness (QED) is 0.752. The largest absolute Gasteiger partial charge is 0.382 e. The van der Waals surface area contributed by atoms with Gasteiger partial charge in [0.2, 0.25) is 0 Å². The molecule has 1 amide bonds. The normalized spacial score (nSPS) is 10.5. The number of benzene rings is 1. The third kappa shape index (κ3) is 3.74. The SMILES string of the molecule is Cc1cccnc1CNC(=O)c1nnc(-c2cccc(F)c2)nc1N. The molecule has 2 aromatic heterocycles. The Hall–Kier alpha value is -3.42. The Balaban J connectivity index is 1.76. The Kier molecular flexibility index (Phi) is 4.60. The zero-order valence-corrected chi connectivity index (χ0v) is 13.4. The first kappa shape index (κ1) is 16.4. The number of carbonyl (C=O) groups excluding carboxylic acids is 1. The van der Waals surface area contributed by atoms with Gasteiger partial charge < -0.3 is 11.1 Å². The molecule has 2 heterocycles. The molecular weight excluding hydrogens is 323 g/mol. The summed E-state index contributed by atoms with van der Waals surface area (Å²) in [6, 6.07) is 9.45. The number of aryl methyl sites for hydroxylation is 1. The second-order valence-electron chi connectivity index (χ2n) is 5.33. The molecule has 0 radical (unpaired) electrons. The molecule has 3 N–H and O–H groups in total. The van der Waals surface area contributed by atoms with Crippen LogP contribution in [0.25, 0.3) is 11.4 Å². The van der Waals surface area contributed by atoms with Crippen molar-refractivity contribution in [2.24, 2.45) is 0 Å². The minimum atomic E-state index is -0.506. The van der Waals surface area contributed by atoms with Crippen LogP contribution in [0, 0.1) is 12.7 Å². The Labute approximate surface area is 143 Å². The summed E-state index contributed by atoms with van der Waals surface area (Å²) in [6.07, 6.45) is 1.65. The third-order valence-corrected chi connectivity index (χ3v) is 3.55. The predicted octanol–water partition coefficient (Wildman–Crippen LogP) is 1.89. The fraction of sp³-hybridized carbons (Fsp3) is 0.118. The molecule has 3 aromatic rings. The van der Waals surface area contributed by atoms with Crippen LogP contribution in [0.1, 0.15) is 21.7 Å². The van der Waals surface area contributed by atoms with E-state index in [9.17, 15) is 9.18 Å². The van der Waals surface area contributed by atoms with Gasteiger partial charge in [0, 0.05) is 11.8 Å². The first-order valence-electron chi connectivity index (χ1n) is 7.49. The molecule has 0 aliphatic carbocycles. The lowest BCUT2D eigenvalue weighted by molar-refractivity contribution is 0.0945. The van der Waals surface area contributed by atoms with Gasteiger partial charge in [-0.15, -0.1) is 10.2 Å². The van der Waals surface area contributed by atoms with Gasteiger partial charge >= 0.3 is 0 Å². The summed E-state index contributed by atoms with van der Waals surface area (Å²) in [6.45, 7) is 2.14. The summed E-state index contributed by atoms with van der Waals surface area (Å²) in [5.41, 5.74) is 7.85. The molecule has 3 rings (SSSR count). The van der Waals surface area contributed by atoms with Gasteiger partial charge in [0.15, 0.2) is 17.3 Å². The lowest BCUT2D eigenvalue weighted by Crippen LogP contribution is -2.26. The molecule has 0 aliphatic heterocycles. The minimum absolute atomic E-state index is 0.0792. The molecular formula is C17H15FN6O. The van der Waals surface area contributed by atoms with Crippen LogP contribution < -0.4 is 11.1 Å². The molecule has 0 spiro atoms. The summed E-state index contributed by atoms with van der Waals surface area (Å²) < 4.78 is 13.3. The van der Waals surface area contributed by atoms with Crippen molar-refractivity contribution in [3.05, 3.63) is 65.4 Å². The van der Waals surface area contributed by atoms with Gasteiger partial charge in [-0.05, 0) is 30.7 Å². The molecule has 7 nitrogen and oxygen atoms in total.